The largest absolute Gasteiger partial charge is 0.0683 e. The molecule has 0 spiro atoms. The van der Waals surface area contributed by atoms with Gasteiger partial charge in [0.1, 0.15) is 0 Å². The molecule has 0 aromatic carbocycles. The predicted octanol–water partition coefficient (Wildman–Crippen LogP) is 16.9. The molecule has 14 fully saturated rings. The second kappa shape index (κ2) is 18.9. The van der Waals surface area contributed by atoms with Crippen molar-refractivity contribution >= 4 is 0 Å². The maximum Gasteiger partial charge on any atom is -0.0321 e. The van der Waals surface area contributed by atoms with Gasteiger partial charge >= 0.3 is 0 Å². The van der Waals surface area contributed by atoms with Crippen LogP contribution >= 0.6 is 0 Å². The number of hydrogen-bond acceptors (Lipinski definition) is 0. The van der Waals surface area contributed by atoms with Crippen LogP contribution in [0.15, 0.2) is 0 Å². The summed E-state index contributed by atoms with van der Waals surface area (Å²) in [6, 6.07) is 0. The highest BCUT2D eigenvalue weighted by Gasteiger charge is 2.62. The van der Waals surface area contributed by atoms with E-state index in [4.69, 9.17) is 0 Å². The monoisotopic (exact) mass is 773 g/mol. The fraction of sp³-hybridized carbons (Fsp3) is 1.00. The molecular formula is C56H100. The van der Waals surface area contributed by atoms with Crippen LogP contribution in [0, 0.1) is 142 Å². The lowest BCUT2D eigenvalue weighted by Crippen LogP contribution is -2.31. The van der Waals surface area contributed by atoms with Crippen LogP contribution in [0.4, 0.5) is 0 Å². The SMILES string of the molecule is CC.CC.CC.CC.CC1CC2CC1C1C3CCC(C3)C21.CC1CC2CC1C1C3CCC(C3)C21.CC1CC2CC1C1CCCC21.CC1CC2CC1C1CCCC21. The molecule has 24 unspecified atom stereocenters. The van der Waals surface area contributed by atoms with Gasteiger partial charge in [-0.15, -0.1) is 0 Å². The van der Waals surface area contributed by atoms with E-state index in [1.807, 2.05) is 55.4 Å². The van der Waals surface area contributed by atoms with Gasteiger partial charge in [-0.25, -0.2) is 0 Å². The van der Waals surface area contributed by atoms with Crippen molar-refractivity contribution in [1.82, 2.24) is 0 Å². The summed E-state index contributed by atoms with van der Waals surface area (Å²) in [7, 11) is 0. The molecule has 14 aliphatic rings. The zero-order chi connectivity index (χ0) is 40.0. The van der Waals surface area contributed by atoms with Crippen molar-refractivity contribution in [2.75, 3.05) is 0 Å². The summed E-state index contributed by atoms with van der Waals surface area (Å²) in [5, 5.41) is 0. The highest BCUT2D eigenvalue weighted by molar-refractivity contribution is 5.11. The van der Waals surface area contributed by atoms with Crippen molar-refractivity contribution in [3.63, 3.8) is 0 Å². The molecule has 0 amide bonds. The van der Waals surface area contributed by atoms with Gasteiger partial charge in [-0.2, -0.15) is 0 Å². The molecule has 0 aromatic heterocycles. The van der Waals surface area contributed by atoms with Crippen LogP contribution in [0.5, 0.6) is 0 Å². The molecule has 0 saturated heterocycles. The third-order valence-corrected chi connectivity index (χ3v) is 21.7. The van der Waals surface area contributed by atoms with Gasteiger partial charge in [-0.3, -0.25) is 0 Å². The van der Waals surface area contributed by atoms with Crippen LogP contribution < -0.4 is 0 Å². The third kappa shape index (κ3) is 7.52. The van der Waals surface area contributed by atoms with E-state index in [9.17, 15) is 0 Å². The van der Waals surface area contributed by atoms with E-state index in [1.54, 1.807) is 128 Å². The number of fused-ring (bicyclic) bond motifs is 28. The minimum Gasteiger partial charge on any atom is -0.0683 e. The van der Waals surface area contributed by atoms with Crippen LogP contribution in [0.25, 0.3) is 0 Å². The smallest absolute Gasteiger partial charge is 0.0321 e. The lowest BCUT2D eigenvalue weighted by Gasteiger charge is -2.37. The summed E-state index contributed by atoms with van der Waals surface area (Å²) >= 11 is 0. The maximum absolute atomic E-state index is 2.52. The molecule has 0 N–H and O–H groups in total. The van der Waals surface area contributed by atoms with Gasteiger partial charge in [-0.1, -0.05) is 95.9 Å². The summed E-state index contributed by atoms with van der Waals surface area (Å²) in [4.78, 5) is 0. The normalized spacial score (nSPS) is 55.5. The molecule has 14 aliphatic carbocycles. The Morgan fingerprint density at radius 1 is 0.214 bits per heavy atom. The first kappa shape index (κ1) is 44.1. The van der Waals surface area contributed by atoms with E-state index >= 15 is 0 Å². The van der Waals surface area contributed by atoms with Crippen molar-refractivity contribution in [2.45, 2.75) is 212 Å². The molecule has 12 bridgehead atoms. The van der Waals surface area contributed by atoms with Crippen molar-refractivity contribution in [3.8, 4) is 0 Å². The van der Waals surface area contributed by atoms with Crippen LogP contribution in [0.2, 0.25) is 0 Å². The van der Waals surface area contributed by atoms with Crippen LogP contribution in [-0.4, -0.2) is 0 Å². The van der Waals surface area contributed by atoms with Crippen molar-refractivity contribution in [1.29, 1.82) is 0 Å². The number of hydrogen-bond donors (Lipinski definition) is 0. The van der Waals surface area contributed by atoms with Gasteiger partial charge in [0.25, 0.3) is 0 Å². The Labute approximate surface area is 352 Å². The molecule has 0 radical (unpaired) electrons. The van der Waals surface area contributed by atoms with Gasteiger partial charge < -0.3 is 0 Å². The first-order valence-corrected chi connectivity index (χ1v) is 27.4. The zero-order valence-electron chi connectivity index (χ0n) is 40.0. The van der Waals surface area contributed by atoms with Crippen LogP contribution in [-0.2, 0) is 0 Å². The summed E-state index contributed by atoms with van der Waals surface area (Å²) in [6.45, 7) is 26.0. The van der Waals surface area contributed by atoms with Gasteiger partial charge in [-0.05, 0) is 258 Å². The average Bonchev–Trinajstić information content (AvgIpc) is 4.03. The Bertz CT molecular complexity index is 1110. The van der Waals surface area contributed by atoms with Crippen LogP contribution in [0.1, 0.15) is 212 Å². The molecule has 0 nitrogen and oxygen atoms in total. The molecule has 14 rings (SSSR count). The second-order valence-electron chi connectivity index (χ2n) is 23.0. The van der Waals surface area contributed by atoms with Crippen molar-refractivity contribution in [3.05, 3.63) is 0 Å². The van der Waals surface area contributed by atoms with Crippen LogP contribution in [0.3, 0.4) is 0 Å². The van der Waals surface area contributed by atoms with E-state index in [2.05, 4.69) is 27.7 Å². The van der Waals surface area contributed by atoms with E-state index < -0.39 is 0 Å². The average molecular weight is 773 g/mol. The van der Waals surface area contributed by atoms with E-state index in [0.29, 0.717) is 0 Å². The lowest BCUT2D eigenvalue weighted by atomic mass is 9.68. The highest BCUT2D eigenvalue weighted by atomic mass is 14.7. The second-order valence-corrected chi connectivity index (χ2v) is 23.0. The van der Waals surface area contributed by atoms with E-state index in [0.717, 1.165) is 35.5 Å². The molecule has 324 valence electrons. The van der Waals surface area contributed by atoms with E-state index in [-0.39, 0.29) is 0 Å². The molecule has 0 aliphatic heterocycles. The molecule has 14 saturated carbocycles. The molecule has 0 heterocycles. The molecule has 24 atom stereocenters. The highest BCUT2D eigenvalue weighted by Crippen LogP contribution is 2.70. The fourth-order valence-electron chi connectivity index (χ4n) is 20.6. The van der Waals surface area contributed by atoms with Crippen molar-refractivity contribution in [2.24, 2.45) is 142 Å². The molecule has 0 heteroatoms. The Morgan fingerprint density at radius 3 is 0.875 bits per heavy atom. The lowest BCUT2D eigenvalue weighted by molar-refractivity contribution is 0.112. The summed E-state index contributed by atoms with van der Waals surface area (Å²) in [5.74, 6) is 28.1. The molecular weight excluding hydrogens is 673 g/mol. The standard InChI is InChI=1S/2C13H20.2C11H18.4C2H6/c2*1-7-4-10-6-11(7)13-9-3-2-8(5-9)12(10)13;2*1-7-5-8-6-11(7)10-4-2-3-9(8)10;4*1-2/h2*7-13H,2-6H2,1H3;2*7-11H,2-6H2,1H3;4*1-2H3. The Hall–Kier alpha value is 0. The Morgan fingerprint density at radius 2 is 0.500 bits per heavy atom. The third-order valence-electron chi connectivity index (χ3n) is 21.7. The fourth-order valence-corrected chi connectivity index (χ4v) is 20.6. The predicted molar refractivity (Wildman–Crippen MR) is 244 cm³/mol. The minimum absolute atomic E-state index is 1.08. The number of rotatable bonds is 0. The summed E-state index contributed by atoms with van der Waals surface area (Å²) in [6.07, 6.45) is 31.9. The van der Waals surface area contributed by atoms with Gasteiger partial charge in [0, 0.05) is 0 Å². The Kier molecular flexibility index (Phi) is 14.9. The van der Waals surface area contributed by atoms with Gasteiger partial charge in [0.2, 0.25) is 0 Å². The zero-order valence-corrected chi connectivity index (χ0v) is 40.0. The maximum atomic E-state index is 2.52. The van der Waals surface area contributed by atoms with E-state index in [1.165, 1.54) is 107 Å². The quantitative estimate of drug-likeness (QED) is 0.215. The minimum atomic E-state index is 1.08. The first-order valence-electron chi connectivity index (χ1n) is 27.4. The van der Waals surface area contributed by atoms with Crippen molar-refractivity contribution < 1.29 is 0 Å². The summed E-state index contributed by atoms with van der Waals surface area (Å²) in [5.41, 5.74) is 0. The Balaban J connectivity index is 0.000000108. The summed E-state index contributed by atoms with van der Waals surface area (Å²) < 4.78 is 0. The molecule has 56 heavy (non-hydrogen) atoms. The van der Waals surface area contributed by atoms with Gasteiger partial charge in [0.05, 0.1) is 0 Å². The molecule has 0 aromatic rings. The first-order chi connectivity index (χ1) is 27.4. The van der Waals surface area contributed by atoms with Gasteiger partial charge in [0.15, 0.2) is 0 Å². The topological polar surface area (TPSA) is 0 Å².